The fourth-order valence-corrected chi connectivity index (χ4v) is 2.26. The smallest absolute Gasteiger partial charge is 0.321 e. The van der Waals surface area contributed by atoms with Gasteiger partial charge in [-0.25, -0.2) is 0 Å². The van der Waals surface area contributed by atoms with E-state index < -0.39 is 12.0 Å². The van der Waals surface area contributed by atoms with E-state index in [1.807, 2.05) is 11.8 Å². The molecule has 0 aromatic rings. The lowest BCUT2D eigenvalue weighted by molar-refractivity contribution is -0.138. The van der Waals surface area contributed by atoms with Gasteiger partial charge in [-0.3, -0.25) is 4.79 Å². The lowest BCUT2D eigenvalue weighted by atomic mass is 10.2. The molecule has 4 N–H and O–H groups in total. The minimum Gasteiger partial charge on any atom is -0.480 e. The summed E-state index contributed by atoms with van der Waals surface area (Å²) >= 11 is 1.89. The van der Waals surface area contributed by atoms with Gasteiger partial charge in [-0.1, -0.05) is 0 Å². The molecule has 1 aliphatic rings. The van der Waals surface area contributed by atoms with Gasteiger partial charge in [0, 0.05) is 18.3 Å². The first-order chi connectivity index (χ1) is 5.70. The van der Waals surface area contributed by atoms with Gasteiger partial charge in [-0.15, -0.1) is 0 Å². The lowest BCUT2D eigenvalue weighted by Crippen LogP contribution is -2.44. The molecule has 0 aliphatic carbocycles. The van der Waals surface area contributed by atoms with Crippen LogP contribution in [0.5, 0.6) is 0 Å². The van der Waals surface area contributed by atoms with Crippen LogP contribution < -0.4 is 11.1 Å². The highest BCUT2D eigenvalue weighted by molar-refractivity contribution is 7.99. The molecular formula is C7H14N2O2S. The van der Waals surface area contributed by atoms with Gasteiger partial charge < -0.3 is 16.2 Å². The third kappa shape index (κ3) is 3.00. The van der Waals surface area contributed by atoms with Crippen LogP contribution in [0, 0.1) is 0 Å². The molecule has 0 aromatic heterocycles. The van der Waals surface area contributed by atoms with E-state index in [1.54, 1.807) is 0 Å². The van der Waals surface area contributed by atoms with Gasteiger partial charge in [0.15, 0.2) is 0 Å². The number of carboxylic acid groups (broad SMARTS) is 1. The monoisotopic (exact) mass is 190 g/mol. The van der Waals surface area contributed by atoms with Crippen LogP contribution in [-0.2, 0) is 4.79 Å². The number of hydrogen-bond donors (Lipinski definition) is 3. The van der Waals surface area contributed by atoms with Gasteiger partial charge in [-0.2, -0.15) is 11.8 Å². The molecule has 70 valence electrons. The van der Waals surface area contributed by atoms with Crippen LogP contribution in [0.25, 0.3) is 0 Å². The van der Waals surface area contributed by atoms with Crippen LogP contribution in [0.2, 0.25) is 0 Å². The van der Waals surface area contributed by atoms with Crippen LogP contribution in [0.1, 0.15) is 6.42 Å². The largest absolute Gasteiger partial charge is 0.480 e. The second-order valence-electron chi connectivity index (χ2n) is 2.91. The predicted molar refractivity (Wildman–Crippen MR) is 49.3 cm³/mol. The highest BCUT2D eigenvalue weighted by Crippen LogP contribution is 2.16. The molecule has 0 radical (unpaired) electrons. The van der Waals surface area contributed by atoms with E-state index in [1.165, 1.54) is 5.75 Å². The number of nitrogens with one attached hydrogen (secondary N) is 1. The Hall–Kier alpha value is -0.260. The van der Waals surface area contributed by atoms with E-state index in [0.29, 0.717) is 12.6 Å². The lowest BCUT2D eigenvalue weighted by Gasteiger charge is -2.12. The van der Waals surface area contributed by atoms with E-state index >= 15 is 0 Å². The van der Waals surface area contributed by atoms with Crippen molar-refractivity contribution < 1.29 is 9.90 Å². The van der Waals surface area contributed by atoms with E-state index in [0.717, 1.165) is 12.2 Å². The van der Waals surface area contributed by atoms with Crippen molar-refractivity contribution >= 4 is 17.7 Å². The predicted octanol–water partition coefficient (Wildman–Crippen LogP) is -0.507. The molecule has 1 fully saturated rings. The molecule has 2 unspecified atom stereocenters. The van der Waals surface area contributed by atoms with Crippen molar-refractivity contribution in [3.05, 3.63) is 0 Å². The zero-order valence-electron chi connectivity index (χ0n) is 6.82. The Morgan fingerprint density at radius 2 is 2.58 bits per heavy atom. The third-order valence-electron chi connectivity index (χ3n) is 1.87. The summed E-state index contributed by atoms with van der Waals surface area (Å²) in [7, 11) is 0. The fraction of sp³-hybridized carbons (Fsp3) is 0.857. The summed E-state index contributed by atoms with van der Waals surface area (Å²) in [6.07, 6.45) is 1.12. The molecule has 5 heteroatoms. The average Bonchev–Trinajstić information content (AvgIpc) is 2.51. The van der Waals surface area contributed by atoms with Crippen molar-refractivity contribution in [2.24, 2.45) is 5.73 Å². The van der Waals surface area contributed by atoms with Crippen molar-refractivity contribution in [2.45, 2.75) is 18.5 Å². The highest BCUT2D eigenvalue weighted by atomic mass is 32.2. The molecule has 1 aliphatic heterocycles. The summed E-state index contributed by atoms with van der Waals surface area (Å²) in [5.41, 5.74) is 5.33. The average molecular weight is 190 g/mol. The summed E-state index contributed by atoms with van der Waals surface area (Å²) in [5.74, 6) is 1.31. The molecule has 0 bridgehead atoms. The van der Waals surface area contributed by atoms with Crippen LogP contribution in [0.3, 0.4) is 0 Å². The number of carboxylic acids is 1. The maximum absolute atomic E-state index is 10.3. The minimum absolute atomic E-state index is 0.376. The molecule has 2 atom stereocenters. The van der Waals surface area contributed by atoms with Crippen LogP contribution in [0.15, 0.2) is 0 Å². The van der Waals surface area contributed by atoms with E-state index in [4.69, 9.17) is 10.8 Å². The number of thioether (sulfide) groups is 1. The Kier molecular flexibility index (Phi) is 3.84. The maximum Gasteiger partial charge on any atom is 0.321 e. The van der Waals surface area contributed by atoms with Crippen molar-refractivity contribution in [1.29, 1.82) is 0 Å². The molecule has 0 aromatic carbocycles. The normalized spacial score (nSPS) is 25.6. The van der Waals surface area contributed by atoms with E-state index in [-0.39, 0.29) is 0 Å². The van der Waals surface area contributed by atoms with Crippen molar-refractivity contribution in [1.82, 2.24) is 5.32 Å². The van der Waals surface area contributed by atoms with Gasteiger partial charge in [0.2, 0.25) is 0 Å². The Bertz CT molecular complexity index is 159. The third-order valence-corrected chi connectivity index (χ3v) is 3.04. The Balaban J connectivity index is 2.11. The molecule has 1 rings (SSSR count). The summed E-state index contributed by atoms with van der Waals surface area (Å²) in [5, 5.41) is 11.6. The number of aliphatic carboxylic acids is 1. The zero-order chi connectivity index (χ0) is 8.97. The minimum atomic E-state index is -0.937. The molecule has 1 saturated heterocycles. The highest BCUT2D eigenvalue weighted by Gasteiger charge is 2.17. The molecule has 0 saturated carbocycles. The summed E-state index contributed by atoms with van der Waals surface area (Å²) < 4.78 is 0. The first-order valence-corrected chi connectivity index (χ1v) is 5.15. The molecule has 4 nitrogen and oxygen atoms in total. The maximum atomic E-state index is 10.3. The molecule has 12 heavy (non-hydrogen) atoms. The van der Waals surface area contributed by atoms with Crippen LogP contribution in [0.4, 0.5) is 0 Å². The van der Waals surface area contributed by atoms with Crippen LogP contribution >= 0.6 is 11.8 Å². The van der Waals surface area contributed by atoms with Gasteiger partial charge in [0.1, 0.15) is 6.04 Å². The second kappa shape index (κ2) is 4.69. The zero-order valence-corrected chi connectivity index (χ0v) is 7.64. The number of carbonyl (C=O) groups is 1. The molecule has 0 spiro atoms. The summed E-state index contributed by atoms with van der Waals surface area (Å²) in [6, 6.07) is -0.309. The van der Waals surface area contributed by atoms with Crippen molar-refractivity contribution in [2.75, 3.05) is 18.1 Å². The standard InChI is InChI=1S/C7H14N2O2S/c8-6(7(10)11)3-9-5-1-2-12-4-5/h5-6,9H,1-4,8H2,(H,10,11). The van der Waals surface area contributed by atoms with Gasteiger partial charge >= 0.3 is 5.97 Å². The molecular weight excluding hydrogens is 176 g/mol. The topological polar surface area (TPSA) is 75.3 Å². The fourth-order valence-electron chi connectivity index (χ4n) is 1.08. The first kappa shape index (κ1) is 9.83. The van der Waals surface area contributed by atoms with Gasteiger partial charge in [-0.05, 0) is 12.2 Å². The molecule has 1 heterocycles. The van der Waals surface area contributed by atoms with E-state index in [9.17, 15) is 4.79 Å². The first-order valence-electron chi connectivity index (χ1n) is 3.99. The SMILES string of the molecule is NC(CNC1CCSC1)C(=O)O. The summed E-state index contributed by atoms with van der Waals surface area (Å²) in [6.45, 7) is 0.376. The number of hydrogen-bond acceptors (Lipinski definition) is 4. The number of nitrogens with two attached hydrogens (primary N) is 1. The van der Waals surface area contributed by atoms with E-state index in [2.05, 4.69) is 5.32 Å². The second-order valence-corrected chi connectivity index (χ2v) is 4.06. The Morgan fingerprint density at radius 3 is 3.08 bits per heavy atom. The van der Waals surface area contributed by atoms with Gasteiger partial charge in [0.05, 0.1) is 0 Å². The van der Waals surface area contributed by atoms with Crippen molar-refractivity contribution in [3.63, 3.8) is 0 Å². The quantitative estimate of drug-likeness (QED) is 0.557. The Morgan fingerprint density at radius 1 is 1.83 bits per heavy atom. The number of rotatable bonds is 4. The molecule has 0 amide bonds. The Labute approximate surface area is 75.9 Å². The van der Waals surface area contributed by atoms with Crippen molar-refractivity contribution in [3.8, 4) is 0 Å². The van der Waals surface area contributed by atoms with Crippen LogP contribution in [-0.4, -0.2) is 41.2 Å². The van der Waals surface area contributed by atoms with Gasteiger partial charge in [0.25, 0.3) is 0 Å². The summed E-state index contributed by atoms with van der Waals surface area (Å²) in [4.78, 5) is 10.3.